The second kappa shape index (κ2) is 11.1. The second-order valence-corrected chi connectivity index (χ2v) is 6.95. The monoisotopic (exact) mass is 447 g/mol. The van der Waals surface area contributed by atoms with Crippen LogP contribution in [0.4, 0.5) is 5.69 Å². The third-order valence-corrected chi connectivity index (χ3v) is 5.02. The molecular weight excluding hydrogens is 422 g/mol. The molecule has 0 spiro atoms. The van der Waals surface area contributed by atoms with E-state index < -0.39 is 12.0 Å². The van der Waals surface area contributed by atoms with Crippen LogP contribution in [0.15, 0.2) is 36.4 Å². The lowest BCUT2D eigenvalue weighted by atomic mass is 10.1. The van der Waals surface area contributed by atoms with Crippen molar-refractivity contribution < 1.29 is 33.1 Å². The summed E-state index contributed by atoms with van der Waals surface area (Å²) in [5, 5.41) is 12.0. The van der Waals surface area contributed by atoms with E-state index in [4.69, 9.17) is 18.9 Å². The molecule has 31 heavy (non-hydrogen) atoms. The number of hydrogen-bond acceptors (Lipinski definition) is 7. The van der Waals surface area contributed by atoms with Gasteiger partial charge in [-0.25, -0.2) is 4.21 Å². The molecule has 0 aliphatic carbocycles. The number of hydrogen-bond donors (Lipinski definition) is 2. The predicted molar refractivity (Wildman–Crippen MR) is 121 cm³/mol. The molecule has 9 heteroatoms. The number of allylic oxidation sites excluding steroid dienone is 1. The molecule has 2 rings (SSSR count). The number of benzene rings is 2. The van der Waals surface area contributed by atoms with E-state index in [0.717, 1.165) is 0 Å². The van der Waals surface area contributed by atoms with Gasteiger partial charge < -0.3 is 29.4 Å². The molecule has 0 aliphatic heterocycles. The number of rotatable bonds is 10. The number of anilines is 1. The molecule has 2 aromatic rings. The maximum Gasteiger partial charge on any atom is 0.325 e. The minimum atomic E-state index is -1.01. The van der Waals surface area contributed by atoms with Crippen LogP contribution in [0.1, 0.15) is 18.1 Å². The molecule has 0 saturated heterocycles. The first kappa shape index (κ1) is 23.8. The second-order valence-electron chi connectivity index (χ2n) is 6.35. The summed E-state index contributed by atoms with van der Waals surface area (Å²) in [5.41, 5.74) is 1.71. The Balaban J connectivity index is 2.45. The summed E-state index contributed by atoms with van der Waals surface area (Å²) in [6, 6.07) is 7.67. The van der Waals surface area contributed by atoms with Crippen molar-refractivity contribution in [3.8, 4) is 23.0 Å². The summed E-state index contributed by atoms with van der Waals surface area (Å²) in [4.78, 5) is 11.6. The van der Waals surface area contributed by atoms with Gasteiger partial charge in [0.15, 0.2) is 0 Å². The van der Waals surface area contributed by atoms with Crippen molar-refractivity contribution in [2.24, 2.45) is 0 Å². The molecule has 8 nitrogen and oxygen atoms in total. The van der Waals surface area contributed by atoms with Crippen LogP contribution < -0.4 is 24.3 Å². The molecule has 2 N–H and O–H groups in total. The van der Waals surface area contributed by atoms with Crippen LogP contribution in [0.3, 0.4) is 0 Å². The van der Waals surface area contributed by atoms with Crippen LogP contribution in [0, 0.1) is 0 Å². The van der Waals surface area contributed by atoms with Gasteiger partial charge in [0.1, 0.15) is 29.0 Å². The summed E-state index contributed by atoms with van der Waals surface area (Å²) in [5.74, 6) is 1.08. The minimum Gasteiger partial charge on any atom is -0.496 e. The van der Waals surface area contributed by atoms with Crippen molar-refractivity contribution in [1.82, 2.24) is 0 Å². The zero-order chi connectivity index (χ0) is 23.0. The highest BCUT2D eigenvalue weighted by atomic mass is 32.1. The van der Waals surface area contributed by atoms with Crippen LogP contribution in [-0.2, 0) is 16.1 Å². The van der Waals surface area contributed by atoms with Crippen molar-refractivity contribution in [3.63, 3.8) is 0 Å². The van der Waals surface area contributed by atoms with E-state index in [2.05, 4.69) is 5.32 Å². The number of nitrogens with one attached hydrogen (secondary N) is 1. The van der Waals surface area contributed by atoms with Crippen molar-refractivity contribution in [1.29, 1.82) is 0 Å². The van der Waals surface area contributed by atoms with Gasteiger partial charge in [0.2, 0.25) is 0 Å². The molecular formula is C22H25NO7S. The smallest absolute Gasteiger partial charge is 0.325 e. The van der Waals surface area contributed by atoms with Gasteiger partial charge in [-0.3, -0.25) is 4.79 Å². The number of carboxylic acid groups (broad SMARTS) is 1. The Hall–Kier alpha value is -3.46. The van der Waals surface area contributed by atoms with Crippen LogP contribution >= 0.6 is 0 Å². The average molecular weight is 448 g/mol. The van der Waals surface area contributed by atoms with Crippen LogP contribution in [0.5, 0.6) is 23.0 Å². The standard InChI is InChI=1S/C22H25NO7S/c1-13(22(24)25)23-17-10-14(6-8-18(17)28-3)21(31-26)9-7-16-19(29-4)11-15(27-2)12-20(16)30-5/h6-13,23H,1-5H3,(H,24,25). The predicted octanol–water partition coefficient (Wildman–Crippen LogP) is 3.05. The quantitative estimate of drug-likeness (QED) is 0.325. The van der Waals surface area contributed by atoms with E-state index in [9.17, 15) is 14.1 Å². The van der Waals surface area contributed by atoms with E-state index in [-0.39, 0.29) is 0 Å². The van der Waals surface area contributed by atoms with E-state index in [1.165, 1.54) is 28.3 Å². The van der Waals surface area contributed by atoms with E-state index >= 15 is 0 Å². The van der Waals surface area contributed by atoms with Gasteiger partial charge in [0.25, 0.3) is 0 Å². The van der Waals surface area contributed by atoms with Gasteiger partial charge in [-0.2, -0.15) is 0 Å². The number of methoxy groups -OCH3 is 4. The molecule has 0 heterocycles. The highest BCUT2D eigenvalue weighted by Crippen LogP contribution is 2.35. The first-order chi connectivity index (χ1) is 14.9. The zero-order valence-electron chi connectivity index (χ0n) is 17.9. The fourth-order valence-corrected chi connectivity index (χ4v) is 3.14. The lowest BCUT2D eigenvalue weighted by molar-refractivity contribution is -0.137. The van der Waals surface area contributed by atoms with Gasteiger partial charge in [-0.05, 0) is 42.8 Å². The highest BCUT2D eigenvalue weighted by molar-refractivity contribution is 7.67. The summed E-state index contributed by atoms with van der Waals surface area (Å²) in [6.45, 7) is 1.52. The Morgan fingerprint density at radius 3 is 2.10 bits per heavy atom. The zero-order valence-corrected chi connectivity index (χ0v) is 18.7. The van der Waals surface area contributed by atoms with Gasteiger partial charge in [0, 0.05) is 12.1 Å². The van der Waals surface area contributed by atoms with Crippen LogP contribution in [-0.4, -0.2) is 54.6 Å². The molecule has 0 aromatic heterocycles. The number of carboxylic acids is 1. The fraction of sp³-hybridized carbons (Fsp3) is 0.273. The van der Waals surface area contributed by atoms with E-state index in [0.29, 0.717) is 55.9 Å². The van der Waals surface area contributed by atoms with Crippen molar-refractivity contribution in [2.75, 3.05) is 33.8 Å². The third-order valence-electron chi connectivity index (χ3n) is 4.47. The van der Waals surface area contributed by atoms with Gasteiger partial charge in [-0.15, -0.1) is 0 Å². The topological polar surface area (TPSA) is 103 Å². The maximum atomic E-state index is 11.9. The molecule has 0 saturated carbocycles. The third kappa shape index (κ3) is 5.79. The van der Waals surface area contributed by atoms with Crippen molar-refractivity contribution >= 4 is 33.9 Å². The highest BCUT2D eigenvalue weighted by Gasteiger charge is 2.15. The van der Waals surface area contributed by atoms with Gasteiger partial charge >= 0.3 is 5.97 Å². The molecule has 2 aromatic carbocycles. The number of carbonyl (C=O) groups is 1. The number of aliphatic carboxylic acids is 1. The molecule has 1 unspecified atom stereocenters. The van der Waals surface area contributed by atoms with Gasteiger partial charge in [0.05, 0.1) is 55.8 Å². The minimum absolute atomic E-state index is 0.313. The summed E-state index contributed by atoms with van der Waals surface area (Å²) < 4.78 is 33.3. The molecule has 0 bridgehead atoms. The summed E-state index contributed by atoms with van der Waals surface area (Å²) in [7, 11) is 6.10. The van der Waals surface area contributed by atoms with E-state index in [1.807, 2.05) is 0 Å². The molecule has 0 aliphatic rings. The lowest BCUT2D eigenvalue weighted by Crippen LogP contribution is -2.25. The molecule has 0 amide bonds. The lowest BCUT2D eigenvalue weighted by Gasteiger charge is -2.15. The Bertz CT molecular complexity index is 1000. The van der Waals surface area contributed by atoms with Crippen molar-refractivity contribution in [2.45, 2.75) is 13.0 Å². The average Bonchev–Trinajstić information content (AvgIpc) is 2.79. The Labute approximate surface area is 184 Å². The molecule has 1 atom stereocenters. The van der Waals surface area contributed by atoms with Crippen LogP contribution in [0.2, 0.25) is 0 Å². The van der Waals surface area contributed by atoms with E-state index in [1.54, 1.807) is 49.6 Å². The molecule has 166 valence electrons. The van der Waals surface area contributed by atoms with Gasteiger partial charge in [-0.1, -0.05) is 0 Å². The maximum absolute atomic E-state index is 11.9. The Kier molecular flexibility index (Phi) is 8.51. The Morgan fingerprint density at radius 1 is 1.00 bits per heavy atom. The summed E-state index contributed by atoms with van der Waals surface area (Å²) >= 11 is 0.313. The first-order valence-corrected chi connectivity index (χ1v) is 9.95. The van der Waals surface area contributed by atoms with Crippen molar-refractivity contribution in [3.05, 3.63) is 47.5 Å². The fourth-order valence-electron chi connectivity index (χ4n) is 2.80. The summed E-state index contributed by atoms with van der Waals surface area (Å²) in [6.07, 6.45) is 3.37. The van der Waals surface area contributed by atoms with Crippen LogP contribution in [0.25, 0.3) is 6.08 Å². The normalized spacial score (nSPS) is 11.5. The number of ether oxygens (including phenoxy) is 4. The largest absolute Gasteiger partial charge is 0.496 e. The Morgan fingerprint density at radius 2 is 1.61 bits per heavy atom. The SMILES string of the molecule is COc1cc(OC)c(C=CC(=S=O)c2ccc(OC)c(NC(C)C(=O)O)c2)c(OC)c1. The molecule has 0 fully saturated rings. The molecule has 0 radical (unpaired) electrons. The first-order valence-electron chi connectivity index (χ1n) is 9.21.